The predicted molar refractivity (Wildman–Crippen MR) is 92.4 cm³/mol. The number of nitrogens with one attached hydrogen (secondary N) is 1. The third kappa shape index (κ3) is 4.91. The number of hydrogen-bond donors (Lipinski definition) is 1. The summed E-state index contributed by atoms with van der Waals surface area (Å²) in [5.41, 5.74) is 1.02. The summed E-state index contributed by atoms with van der Waals surface area (Å²) in [5.74, 6) is 1.89. The SMILES string of the molecule is CN=C(NCC(C)SC)N1CCN(Cc2cc(C)on2)CC1. The van der Waals surface area contributed by atoms with Crippen LogP contribution in [0, 0.1) is 6.92 Å². The van der Waals surface area contributed by atoms with E-state index in [1.807, 2.05) is 31.8 Å². The Balaban J connectivity index is 1.77. The molecule has 0 aromatic carbocycles. The van der Waals surface area contributed by atoms with E-state index in [1.54, 1.807) is 0 Å². The molecule has 0 spiro atoms. The number of nitrogens with zero attached hydrogens (tertiary/aromatic N) is 4. The summed E-state index contributed by atoms with van der Waals surface area (Å²) >= 11 is 1.87. The molecular weight excluding hydrogens is 298 g/mol. The fourth-order valence-electron chi connectivity index (χ4n) is 2.49. The first-order valence-electron chi connectivity index (χ1n) is 7.75. The van der Waals surface area contributed by atoms with Crippen molar-refractivity contribution in [2.75, 3.05) is 46.0 Å². The second-order valence-corrected chi connectivity index (χ2v) is 6.94. The maximum Gasteiger partial charge on any atom is 0.193 e. The first-order chi connectivity index (χ1) is 10.6. The zero-order valence-corrected chi connectivity index (χ0v) is 14.8. The minimum atomic E-state index is 0.591. The van der Waals surface area contributed by atoms with Gasteiger partial charge in [0.05, 0.1) is 5.69 Å². The molecule has 1 aromatic rings. The summed E-state index contributed by atoms with van der Waals surface area (Å²) in [6.07, 6.45) is 2.14. The molecule has 0 aliphatic carbocycles. The van der Waals surface area contributed by atoms with Gasteiger partial charge < -0.3 is 14.7 Å². The van der Waals surface area contributed by atoms with E-state index in [1.165, 1.54) is 0 Å². The Hall–Kier alpha value is -1.21. The van der Waals surface area contributed by atoms with Crippen LogP contribution in [0.3, 0.4) is 0 Å². The van der Waals surface area contributed by atoms with E-state index in [-0.39, 0.29) is 0 Å². The standard InChI is InChI=1S/C15H27N5OS/c1-12-9-14(18-21-12)11-19-5-7-20(8-6-19)15(16-3)17-10-13(2)22-4/h9,13H,5-8,10-11H2,1-4H3,(H,16,17). The van der Waals surface area contributed by atoms with Crippen molar-refractivity contribution in [2.45, 2.75) is 25.6 Å². The predicted octanol–water partition coefficient (Wildman–Crippen LogP) is 1.43. The van der Waals surface area contributed by atoms with Crippen LogP contribution in [0.4, 0.5) is 0 Å². The van der Waals surface area contributed by atoms with Gasteiger partial charge in [-0.3, -0.25) is 9.89 Å². The molecule has 1 aliphatic heterocycles. The van der Waals surface area contributed by atoms with Crippen LogP contribution in [0.1, 0.15) is 18.4 Å². The number of guanidine groups is 1. The van der Waals surface area contributed by atoms with Crippen molar-refractivity contribution >= 4 is 17.7 Å². The van der Waals surface area contributed by atoms with Gasteiger partial charge in [0, 0.05) is 57.6 Å². The quantitative estimate of drug-likeness (QED) is 0.653. The van der Waals surface area contributed by atoms with Crippen molar-refractivity contribution in [1.82, 2.24) is 20.3 Å². The molecule has 124 valence electrons. The Morgan fingerprint density at radius 2 is 2.18 bits per heavy atom. The summed E-state index contributed by atoms with van der Waals surface area (Å²) < 4.78 is 5.13. The number of rotatable bonds is 5. The Labute approximate surface area is 137 Å². The lowest BCUT2D eigenvalue weighted by molar-refractivity contribution is 0.169. The number of hydrogen-bond acceptors (Lipinski definition) is 5. The van der Waals surface area contributed by atoms with E-state index in [0.717, 1.165) is 56.7 Å². The average molecular weight is 325 g/mol. The molecule has 1 N–H and O–H groups in total. The highest BCUT2D eigenvalue weighted by molar-refractivity contribution is 7.99. The van der Waals surface area contributed by atoms with Crippen molar-refractivity contribution in [3.05, 3.63) is 17.5 Å². The lowest BCUT2D eigenvalue weighted by atomic mass is 10.3. The molecule has 6 nitrogen and oxygen atoms in total. The summed E-state index contributed by atoms with van der Waals surface area (Å²) in [6, 6.07) is 2.01. The molecule has 1 unspecified atom stereocenters. The minimum Gasteiger partial charge on any atom is -0.361 e. The summed E-state index contributed by atoms with van der Waals surface area (Å²) in [4.78, 5) is 9.15. The summed E-state index contributed by atoms with van der Waals surface area (Å²) in [7, 11) is 1.86. The van der Waals surface area contributed by atoms with Crippen molar-refractivity contribution in [2.24, 2.45) is 4.99 Å². The van der Waals surface area contributed by atoms with Gasteiger partial charge in [0.25, 0.3) is 0 Å². The van der Waals surface area contributed by atoms with Crippen LogP contribution in [-0.2, 0) is 6.54 Å². The average Bonchev–Trinajstić information content (AvgIpc) is 2.94. The van der Waals surface area contributed by atoms with Gasteiger partial charge >= 0.3 is 0 Å². The van der Waals surface area contributed by atoms with Crippen LogP contribution in [0.25, 0.3) is 0 Å². The monoisotopic (exact) mass is 325 g/mol. The van der Waals surface area contributed by atoms with Crippen LogP contribution >= 0.6 is 11.8 Å². The first kappa shape index (κ1) is 17.1. The van der Waals surface area contributed by atoms with Gasteiger partial charge in [0.15, 0.2) is 5.96 Å². The fourth-order valence-corrected chi connectivity index (χ4v) is 2.74. The van der Waals surface area contributed by atoms with Gasteiger partial charge in [-0.2, -0.15) is 11.8 Å². The van der Waals surface area contributed by atoms with Gasteiger partial charge in [-0.25, -0.2) is 0 Å². The minimum absolute atomic E-state index is 0.591. The third-order valence-corrected chi connectivity index (χ3v) is 4.87. The van der Waals surface area contributed by atoms with Gasteiger partial charge in [0.1, 0.15) is 5.76 Å². The van der Waals surface area contributed by atoms with Crippen LogP contribution in [0.2, 0.25) is 0 Å². The van der Waals surface area contributed by atoms with Crippen LogP contribution in [0.15, 0.2) is 15.6 Å². The maximum atomic E-state index is 5.13. The van der Waals surface area contributed by atoms with Crippen LogP contribution in [0.5, 0.6) is 0 Å². The molecule has 0 radical (unpaired) electrons. The highest BCUT2D eigenvalue weighted by Crippen LogP contribution is 2.09. The Morgan fingerprint density at radius 3 is 2.73 bits per heavy atom. The Kier molecular flexibility index (Phi) is 6.57. The second kappa shape index (κ2) is 8.43. The molecule has 7 heteroatoms. The van der Waals surface area contributed by atoms with E-state index >= 15 is 0 Å². The first-order valence-corrected chi connectivity index (χ1v) is 9.04. The molecular formula is C15H27N5OS. The lowest BCUT2D eigenvalue weighted by Crippen LogP contribution is -2.52. The van der Waals surface area contributed by atoms with E-state index in [9.17, 15) is 0 Å². The van der Waals surface area contributed by atoms with Crippen LogP contribution in [-0.4, -0.2) is 72.2 Å². The molecule has 1 aliphatic rings. The van der Waals surface area contributed by atoms with Crippen molar-refractivity contribution in [3.63, 3.8) is 0 Å². The van der Waals surface area contributed by atoms with Crippen molar-refractivity contribution < 1.29 is 4.52 Å². The highest BCUT2D eigenvalue weighted by atomic mass is 32.2. The van der Waals surface area contributed by atoms with E-state index < -0.39 is 0 Å². The number of aryl methyl sites for hydroxylation is 1. The fraction of sp³-hybridized carbons (Fsp3) is 0.733. The Morgan fingerprint density at radius 1 is 1.45 bits per heavy atom. The molecule has 2 heterocycles. The third-order valence-electron chi connectivity index (χ3n) is 3.90. The molecule has 22 heavy (non-hydrogen) atoms. The molecule has 2 rings (SSSR count). The highest BCUT2D eigenvalue weighted by Gasteiger charge is 2.20. The van der Waals surface area contributed by atoms with Crippen molar-refractivity contribution in [1.29, 1.82) is 0 Å². The van der Waals surface area contributed by atoms with E-state index in [0.29, 0.717) is 5.25 Å². The molecule has 1 fully saturated rings. The molecule has 1 aromatic heterocycles. The topological polar surface area (TPSA) is 56.9 Å². The summed E-state index contributed by atoms with van der Waals surface area (Å²) in [5, 5.41) is 8.13. The number of aliphatic imine (C=N–C) groups is 1. The van der Waals surface area contributed by atoms with Gasteiger partial charge in [-0.15, -0.1) is 0 Å². The largest absolute Gasteiger partial charge is 0.361 e. The van der Waals surface area contributed by atoms with E-state index in [2.05, 4.69) is 38.4 Å². The Bertz CT molecular complexity index is 482. The maximum absolute atomic E-state index is 5.13. The van der Waals surface area contributed by atoms with Gasteiger partial charge in [-0.1, -0.05) is 12.1 Å². The van der Waals surface area contributed by atoms with Crippen LogP contribution < -0.4 is 5.32 Å². The normalized spacial score (nSPS) is 18.5. The molecule has 1 atom stereocenters. The van der Waals surface area contributed by atoms with Crippen molar-refractivity contribution in [3.8, 4) is 0 Å². The zero-order valence-electron chi connectivity index (χ0n) is 14.0. The molecule has 0 saturated carbocycles. The lowest BCUT2D eigenvalue weighted by Gasteiger charge is -2.36. The molecule has 0 bridgehead atoms. The zero-order chi connectivity index (χ0) is 15.9. The molecule has 0 amide bonds. The molecule has 1 saturated heterocycles. The van der Waals surface area contributed by atoms with Gasteiger partial charge in [0.2, 0.25) is 0 Å². The number of aromatic nitrogens is 1. The summed E-state index contributed by atoms with van der Waals surface area (Å²) in [6.45, 7) is 9.99. The van der Waals surface area contributed by atoms with E-state index in [4.69, 9.17) is 4.52 Å². The van der Waals surface area contributed by atoms with Gasteiger partial charge in [-0.05, 0) is 13.2 Å². The number of thioether (sulfide) groups is 1. The number of piperazine rings is 1. The smallest absolute Gasteiger partial charge is 0.193 e. The second-order valence-electron chi connectivity index (χ2n) is 5.67.